The molecule has 0 saturated heterocycles. The standard InChI is InChI=1S/C19H18FN3O3/c1-12-11-16(13(2)26-12)19(25)21-9-10-23-18(24)8-7-17(22-23)14-3-5-15(20)6-4-14/h3-8,11H,9-10H2,1-2H3,(H,21,25). The molecule has 0 saturated carbocycles. The van der Waals surface area contributed by atoms with Crippen molar-refractivity contribution in [2.24, 2.45) is 0 Å². The van der Waals surface area contributed by atoms with Crippen LogP contribution in [0.2, 0.25) is 0 Å². The van der Waals surface area contributed by atoms with Gasteiger partial charge in [-0.05, 0) is 50.2 Å². The first kappa shape index (κ1) is 17.6. The molecule has 0 aliphatic carbocycles. The summed E-state index contributed by atoms with van der Waals surface area (Å²) in [5.41, 5.74) is 1.45. The van der Waals surface area contributed by atoms with Crippen molar-refractivity contribution in [2.75, 3.05) is 6.54 Å². The molecule has 2 aromatic heterocycles. The summed E-state index contributed by atoms with van der Waals surface area (Å²) in [4.78, 5) is 24.1. The molecule has 1 aromatic carbocycles. The van der Waals surface area contributed by atoms with Gasteiger partial charge in [-0.15, -0.1) is 0 Å². The number of hydrogen-bond donors (Lipinski definition) is 1. The molecule has 6 nitrogen and oxygen atoms in total. The Morgan fingerprint density at radius 1 is 1.19 bits per heavy atom. The lowest BCUT2D eigenvalue weighted by Gasteiger charge is -2.08. The third-order valence-electron chi connectivity index (χ3n) is 3.90. The number of halogens is 1. The van der Waals surface area contributed by atoms with E-state index in [0.717, 1.165) is 0 Å². The normalized spacial score (nSPS) is 10.7. The largest absolute Gasteiger partial charge is 0.466 e. The minimum absolute atomic E-state index is 0.218. The van der Waals surface area contributed by atoms with Gasteiger partial charge >= 0.3 is 0 Å². The fourth-order valence-electron chi connectivity index (χ4n) is 2.61. The van der Waals surface area contributed by atoms with Gasteiger partial charge in [-0.2, -0.15) is 5.10 Å². The van der Waals surface area contributed by atoms with Crippen molar-refractivity contribution in [3.63, 3.8) is 0 Å². The van der Waals surface area contributed by atoms with E-state index in [9.17, 15) is 14.0 Å². The fourth-order valence-corrected chi connectivity index (χ4v) is 2.61. The molecular weight excluding hydrogens is 337 g/mol. The lowest BCUT2D eigenvalue weighted by molar-refractivity contribution is 0.0950. The third-order valence-corrected chi connectivity index (χ3v) is 3.90. The average molecular weight is 355 g/mol. The lowest BCUT2D eigenvalue weighted by Crippen LogP contribution is -2.32. The molecule has 7 heteroatoms. The maximum absolute atomic E-state index is 13.0. The summed E-state index contributed by atoms with van der Waals surface area (Å²) in [6.45, 7) is 3.95. The number of furan rings is 1. The highest BCUT2D eigenvalue weighted by atomic mass is 19.1. The van der Waals surface area contributed by atoms with E-state index in [-0.39, 0.29) is 30.4 Å². The van der Waals surface area contributed by atoms with Crippen LogP contribution in [0.4, 0.5) is 4.39 Å². The third kappa shape index (κ3) is 3.88. The zero-order chi connectivity index (χ0) is 18.7. The Bertz CT molecular complexity index is 990. The van der Waals surface area contributed by atoms with Crippen molar-refractivity contribution in [2.45, 2.75) is 20.4 Å². The molecule has 1 N–H and O–H groups in total. The van der Waals surface area contributed by atoms with Gasteiger partial charge in [0.05, 0.1) is 17.8 Å². The van der Waals surface area contributed by atoms with Gasteiger partial charge in [-0.1, -0.05) is 0 Å². The molecule has 0 fully saturated rings. The topological polar surface area (TPSA) is 77.1 Å². The maximum Gasteiger partial charge on any atom is 0.266 e. The highest BCUT2D eigenvalue weighted by Crippen LogP contribution is 2.15. The van der Waals surface area contributed by atoms with Gasteiger partial charge in [0, 0.05) is 18.2 Å². The summed E-state index contributed by atoms with van der Waals surface area (Å²) in [5.74, 6) is 0.614. The number of benzene rings is 1. The minimum atomic E-state index is -0.338. The second kappa shape index (κ2) is 7.35. The molecule has 3 aromatic rings. The Morgan fingerprint density at radius 2 is 1.92 bits per heavy atom. The van der Waals surface area contributed by atoms with E-state index in [4.69, 9.17) is 4.42 Å². The van der Waals surface area contributed by atoms with Gasteiger partial charge in [0.25, 0.3) is 11.5 Å². The highest BCUT2D eigenvalue weighted by Gasteiger charge is 2.13. The second-order valence-corrected chi connectivity index (χ2v) is 5.87. The zero-order valence-corrected chi connectivity index (χ0v) is 14.5. The Hall–Kier alpha value is -3.22. The number of rotatable bonds is 5. The molecule has 0 spiro atoms. The SMILES string of the molecule is Cc1cc(C(=O)NCCn2nc(-c3ccc(F)cc3)ccc2=O)c(C)o1. The molecule has 0 bridgehead atoms. The summed E-state index contributed by atoms with van der Waals surface area (Å²) in [7, 11) is 0. The predicted octanol–water partition coefficient (Wildman–Crippen LogP) is 2.69. The van der Waals surface area contributed by atoms with Crippen molar-refractivity contribution < 1.29 is 13.6 Å². The van der Waals surface area contributed by atoms with Crippen molar-refractivity contribution in [1.82, 2.24) is 15.1 Å². The molecule has 2 heterocycles. The smallest absolute Gasteiger partial charge is 0.266 e. The first-order valence-corrected chi connectivity index (χ1v) is 8.13. The molecule has 134 valence electrons. The van der Waals surface area contributed by atoms with Crippen LogP contribution in [0.3, 0.4) is 0 Å². The highest BCUT2D eigenvalue weighted by molar-refractivity contribution is 5.95. The van der Waals surface area contributed by atoms with E-state index < -0.39 is 0 Å². The number of nitrogens with one attached hydrogen (secondary N) is 1. The van der Waals surface area contributed by atoms with Crippen LogP contribution < -0.4 is 10.9 Å². The number of carbonyl (C=O) groups is 1. The van der Waals surface area contributed by atoms with Crippen LogP contribution in [-0.4, -0.2) is 22.2 Å². The molecule has 0 aliphatic heterocycles. The van der Waals surface area contributed by atoms with E-state index >= 15 is 0 Å². The van der Waals surface area contributed by atoms with Crippen molar-refractivity contribution >= 4 is 5.91 Å². The number of amides is 1. The molecule has 0 aliphatic rings. The molecule has 26 heavy (non-hydrogen) atoms. The molecular formula is C19H18FN3O3. The van der Waals surface area contributed by atoms with Crippen LogP contribution in [0.25, 0.3) is 11.3 Å². The van der Waals surface area contributed by atoms with Crippen molar-refractivity contribution in [1.29, 1.82) is 0 Å². The Kier molecular flexibility index (Phi) is 4.97. The Morgan fingerprint density at radius 3 is 2.58 bits per heavy atom. The van der Waals surface area contributed by atoms with Gasteiger partial charge in [-0.3, -0.25) is 9.59 Å². The van der Waals surface area contributed by atoms with Crippen LogP contribution in [0.1, 0.15) is 21.9 Å². The van der Waals surface area contributed by atoms with Crippen LogP contribution in [-0.2, 0) is 6.54 Å². The Labute approximate surface area is 149 Å². The predicted molar refractivity (Wildman–Crippen MR) is 94.4 cm³/mol. The van der Waals surface area contributed by atoms with E-state index in [1.54, 1.807) is 38.1 Å². The van der Waals surface area contributed by atoms with Crippen LogP contribution in [0, 0.1) is 19.7 Å². The minimum Gasteiger partial charge on any atom is -0.466 e. The van der Waals surface area contributed by atoms with Gasteiger partial charge in [0.15, 0.2) is 0 Å². The second-order valence-electron chi connectivity index (χ2n) is 5.87. The number of aryl methyl sites for hydroxylation is 2. The van der Waals surface area contributed by atoms with Crippen molar-refractivity contribution in [3.8, 4) is 11.3 Å². The molecule has 0 radical (unpaired) electrons. The number of hydrogen-bond acceptors (Lipinski definition) is 4. The van der Waals surface area contributed by atoms with Crippen LogP contribution in [0.5, 0.6) is 0 Å². The molecule has 0 unspecified atom stereocenters. The average Bonchev–Trinajstić information content (AvgIpc) is 2.95. The lowest BCUT2D eigenvalue weighted by atomic mass is 10.1. The maximum atomic E-state index is 13.0. The van der Waals surface area contributed by atoms with E-state index in [1.807, 2.05) is 0 Å². The van der Waals surface area contributed by atoms with Gasteiger partial charge in [-0.25, -0.2) is 9.07 Å². The number of nitrogens with zero attached hydrogens (tertiary/aromatic N) is 2. The zero-order valence-electron chi connectivity index (χ0n) is 14.5. The number of aromatic nitrogens is 2. The molecule has 1 amide bonds. The van der Waals surface area contributed by atoms with E-state index in [1.165, 1.54) is 22.9 Å². The molecule has 3 rings (SSSR count). The fraction of sp³-hybridized carbons (Fsp3) is 0.211. The van der Waals surface area contributed by atoms with Crippen molar-refractivity contribution in [3.05, 3.63) is 75.7 Å². The summed E-state index contributed by atoms with van der Waals surface area (Å²) >= 11 is 0. The quantitative estimate of drug-likeness (QED) is 0.763. The van der Waals surface area contributed by atoms with E-state index in [0.29, 0.717) is 28.3 Å². The summed E-state index contributed by atoms with van der Waals surface area (Å²) in [6.07, 6.45) is 0. The summed E-state index contributed by atoms with van der Waals surface area (Å²) < 4.78 is 19.6. The van der Waals surface area contributed by atoms with E-state index in [2.05, 4.69) is 10.4 Å². The van der Waals surface area contributed by atoms with Gasteiger partial charge < -0.3 is 9.73 Å². The first-order chi connectivity index (χ1) is 12.4. The monoisotopic (exact) mass is 355 g/mol. The van der Waals surface area contributed by atoms with Crippen LogP contribution in [0.15, 0.2) is 51.7 Å². The molecule has 0 atom stereocenters. The first-order valence-electron chi connectivity index (χ1n) is 8.13. The number of carbonyl (C=O) groups excluding carboxylic acids is 1. The summed E-state index contributed by atoms with van der Waals surface area (Å²) in [5, 5.41) is 7.02. The van der Waals surface area contributed by atoms with Gasteiger partial charge in [0.2, 0.25) is 0 Å². The van der Waals surface area contributed by atoms with Crippen LogP contribution >= 0.6 is 0 Å². The Balaban J connectivity index is 1.69. The summed E-state index contributed by atoms with van der Waals surface area (Å²) in [6, 6.07) is 10.5. The van der Waals surface area contributed by atoms with Gasteiger partial charge in [0.1, 0.15) is 17.3 Å².